The zero-order chi connectivity index (χ0) is 24.2. The molecule has 2 aromatic rings. The van der Waals surface area contributed by atoms with Crippen molar-refractivity contribution >= 4 is 21.6 Å². The minimum Gasteiger partial charge on any atom is -0.325 e. The third kappa shape index (κ3) is 6.40. The van der Waals surface area contributed by atoms with Crippen LogP contribution in [0.5, 0.6) is 0 Å². The van der Waals surface area contributed by atoms with Crippen molar-refractivity contribution in [1.29, 1.82) is 0 Å². The van der Waals surface area contributed by atoms with Crippen molar-refractivity contribution in [3.8, 4) is 0 Å². The van der Waals surface area contributed by atoms with Gasteiger partial charge in [0.05, 0.1) is 11.4 Å². The normalized spacial score (nSPS) is 16.4. The highest BCUT2D eigenvalue weighted by molar-refractivity contribution is 7.89. The number of halogens is 1. The van der Waals surface area contributed by atoms with Crippen LogP contribution < -0.4 is 10.6 Å². The Morgan fingerprint density at radius 3 is 2.30 bits per heavy atom. The zero-order valence-electron chi connectivity index (χ0n) is 19.8. The molecule has 1 amide bonds. The Balaban J connectivity index is 1.71. The van der Waals surface area contributed by atoms with E-state index in [4.69, 9.17) is 0 Å². The third-order valence-corrected chi connectivity index (χ3v) is 7.87. The van der Waals surface area contributed by atoms with Crippen LogP contribution in [0.4, 0.5) is 10.1 Å². The molecule has 0 aromatic heterocycles. The first-order chi connectivity index (χ1) is 15.5. The molecule has 1 saturated heterocycles. The van der Waals surface area contributed by atoms with Crippen molar-refractivity contribution in [1.82, 2.24) is 9.62 Å². The van der Waals surface area contributed by atoms with Gasteiger partial charge in [-0.3, -0.25) is 4.79 Å². The number of piperidine rings is 1. The van der Waals surface area contributed by atoms with Crippen LogP contribution in [0.3, 0.4) is 0 Å². The number of nitrogens with one attached hydrogen (secondary N) is 2. The smallest absolute Gasteiger partial charge is 0.243 e. The first-order valence-corrected chi connectivity index (χ1v) is 12.8. The second-order valence-electron chi connectivity index (χ2n) is 9.72. The van der Waals surface area contributed by atoms with Crippen molar-refractivity contribution < 1.29 is 17.6 Å². The molecule has 1 unspecified atom stereocenters. The number of hydrogen-bond donors (Lipinski definition) is 2. The van der Waals surface area contributed by atoms with Gasteiger partial charge < -0.3 is 10.6 Å². The fourth-order valence-corrected chi connectivity index (χ4v) is 5.66. The molecule has 1 heterocycles. The topological polar surface area (TPSA) is 78.5 Å². The lowest BCUT2D eigenvalue weighted by Gasteiger charge is -2.32. The summed E-state index contributed by atoms with van der Waals surface area (Å²) in [5.74, 6) is -0.582. The van der Waals surface area contributed by atoms with Crippen LogP contribution in [-0.2, 0) is 14.8 Å². The Labute approximate surface area is 196 Å². The lowest BCUT2D eigenvalue weighted by atomic mass is 9.82. The molecular formula is C25H34FN3O3S. The molecule has 1 aliphatic heterocycles. The SMILES string of the molecule is Cc1ccc(S(=O)(=O)N2CCCCC2)cc1NC(=O)CNC(c1ccc(F)cc1)C(C)(C)C. The van der Waals surface area contributed by atoms with E-state index in [1.165, 1.54) is 16.4 Å². The number of amides is 1. The number of sulfonamides is 1. The average molecular weight is 476 g/mol. The number of aryl methyl sites for hydroxylation is 1. The lowest BCUT2D eigenvalue weighted by molar-refractivity contribution is -0.115. The summed E-state index contributed by atoms with van der Waals surface area (Å²) < 4.78 is 40.9. The van der Waals surface area contributed by atoms with Gasteiger partial charge >= 0.3 is 0 Å². The summed E-state index contributed by atoms with van der Waals surface area (Å²) in [4.78, 5) is 12.9. The van der Waals surface area contributed by atoms with E-state index < -0.39 is 10.0 Å². The summed E-state index contributed by atoms with van der Waals surface area (Å²) in [6, 6.07) is 10.9. The van der Waals surface area contributed by atoms with Crippen LogP contribution in [0.1, 0.15) is 57.2 Å². The standard InChI is InChI=1S/C25H34FN3O3S/c1-18-8-13-21(33(31,32)29-14-6-5-7-15-29)16-22(18)28-23(30)17-27-24(25(2,3)4)19-9-11-20(26)12-10-19/h8-13,16,24,27H,5-7,14-15,17H2,1-4H3,(H,28,30). The van der Waals surface area contributed by atoms with Gasteiger partial charge in [-0.05, 0) is 60.6 Å². The van der Waals surface area contributed by atoms with Gasteiger partial charge in [0.1, 0.15) is 5.82 Å². The molecule has 3 rings (SSSR count). The first kappa shape index (κ1) is 25.3. The monoisotopic (exact) mass is 475 g/mol. The van der Waals surface area contributed by atoms with Crippen LogP contribution in [-0.4, -0.2) is 38.3 Å². The maximum atomic E-state index is 13.3. The Bertz CT molecular complexity index is 1070. The molecule has 2 N–H and O–H groups in total. The van der Waals surface area contributed by atoms with Crippen molar-refractivity contribution in [3.63, 3.8) is 0 Å². The van der Waals surface area contributed by atoms with Gasteiger partial charge in [0, 0.05) is 24.8 Å². The summed E-state index contributed by atoms with van der Waals surface area (Å²) in [5, 5.41) is 6.12. The number of nitrogens with zero attached hydrogens (tertiary/aromatic N) is 1. The van der Waals surface area contributed by atoms with Crippen molar-refractivity contribution in [3.05, 3.63) is 59.4 Å². The van der Waals surface area contributed by atoms with E-state index in [-0.39, 0.29) is 34.6 Å². The summed E-state index contributed by atoms with van der Waals surface area (Å²) in [7, 11) is -3.59. The van der Waals surface area contributed by atoms with Gasteiger partial charge in [-0.15, -0.1) is 0 Å². The predicted octanol–water partition coefficient (Wildman–Crippen LogP) is 4.62. The third-order valence-electron chi connectivity index (χ3n) is 5.97. The fourth-order valence-electron chi connectivity index (χ4n) is 4.12. The lowest BCUT2D eigenvalue weighted by Crippen LogP contribution is -2.37. The first-order valence-electron chi connectivity index (χ1n) is 11.4. The summed E-state index contributed by atoms with van der Waals surface area (Å²) in [6.07, 6.45) is 2.77. The number of hydrogen-bond acceptors (Lipinski definition) is 4. The Morgan fingerprint density at radius 1 is 1.06 bits per heavy atom. The molecule has 1 aliphatic rings. The predicted molar refractivity (Wildman–Crippen MR) is 129 cm³/mol. The second kappa shape index (κ2) is 10.3. The highest BCUT2D eigenvalue weighted by Crippen LogP contribution is 2.32. The van der Waals surface area contributed by atoms with Crippen LogP contribution >= 0.6 is 0 Å². The maximum absolute atomic E-state index is 13.3. The minimum atomic E-state index is -3.59. The number of carbonyl (C=O) groups excluding carboxylic acids is 1. The molecule has 180 valence electrons. The van der Waals surface area contributed by atoms with E-state index in [2.05, 4.69) is 10.6 Å². The van der Waals surface area contributed by atoms with Gasteiger partial charge in [0.2, 0.25) is 15.9 Å². The molecular weight excluding hydrogens is 441 g/mol. The number of carbonyl (C=O) groups is 1. The Morgan fingerprint density at radius 2 is 1.70 bits per heavy atom. The summed E-state index contributed by atoms with van der Waals surface area (Å²) >= 11 is 0. The molecule has 0 radical (unpaired) electrons. The molecule has 33 heavy (non-hydrogen) atoms. The fraction of sp³-hybridized carbons (Fsp3) is 0.480. The van der Waals surface area contributed by atoms with Gasteiger partial charge in [-0.2, -0.15) is 4.31 Å². The molecule has 1 fully saturated rings. The quantitative estimate of drug-likeness (QED) is 0.612. The van der Waals surface area contributed by atoms with Crippen LogP contribution in [0, 0.1) is 18.2 Å². The van der Waals surface area contributed by atoms with Crippen molar-refractivity contribution in [2.24, 2.45) is 5.41 Å². The molecule has 0 bridgehead atoms. The van der Waals surface area contributed by atoms with Gasteiger partial charge in [-0.1, -0.05) is 45.4 Å². The largest absolute Gasteiger partial charge is 0.325 e. The van der Waals surface area contributed by atoms with Crippen molar-refractivity contribution in [2.45, 2.75) is 57.9 Å². The molecule has 2 aromatic carbocycles. The van der Waals surface area contributed by atoms with E-state index >= 15 is 0 Å². The molecule has 0 spiro atoms. The molecule has 6 nitrogen and oxygen atoms in total. The maximum Gasteiger partial charge on any atom is 0.243 e. The van der Waals surface area contributed by atoms with E-state index in [1.807, 2.05) is 27.7 Å². The van der Waals surface area contributed by atoms with Gasteiger partial charge in [0.25, 0.3) is 0 Å². The average Bonchev–Trinajstić information content (AvgIpc) is 2.76. The second-order valence-corrected chi connectivity index (χ2v) is 11.7. The Hall–Kier alpha value is -2.29. The van der Waals surface area contributed by atoms with Crippen LogP contribution in [0.2, 0.25) is 0 Å². The highest BCUT2D eigenvalue weighted by Gasteiger charge is 2.28. The van der Waals surface area contributed by atoms with Gasteiger partial charge in [-0.25, -0.2) is 12.8 Å². The van der Waals surface area contributed by atoms with E-state index in [0.29, 0.717) is 18.8 Å². The molecule has 0 saturated carbocycles. The van der Waals surface area contributed by atoms with Crippen LogP contribution in [0.25, 0.3) is 0 Å². The minimum absolute atomic E-state index is 0.0296. The summed E-state index contributed by atoms with van der Waals surface area (Å²) in [5.41, 5.74) is 1.94. The Kier molecular flexibility index (Phi) is 7.92. The zero-order valence-corrected chi connectivity index (χ0v) is 20.6. The van der Waals surface area contributed by atoms with Crippen molar-refractivity contribution in [2.75, 3.05) is 25.0 Å². The van der Waals surface area contributed by atoms with E-state index in [1.54, 1.807) is 30.3 Å². The molecule has 1 atom stereocenters. The van der Waals surface area contributed by atoms with E-state index in [9.17, 15) is 17.6 Å². The number of anilines is 1. The highest BCUT2D eigenvalue weighted by atomic mass is 32.2. The summed E-state index contributed by atoms with van der Waals surface area (Å²) in [6.45, 7) is 9.05. The number of benzene rings is 2. The number of rotatable bonds is 7. The van der Waals surface area contributed by atoms with Crippen LogP contribution in [0.15, 0.2) is 47.4 Å². The van der Waals surface area contributed by atoms with E-state index in [0.717, 1.165) is 30.4 Å². The molecule has 8 heteroatoms. The molecule has 0 aliphatic carbocycles. The van der Waals surface area contributed by atoms with Gasteiger partial charge in [0.15, 0.2) is 0 Å².